The van der Waals surface area contributed by atoms with E-state index >= 15 is 0 Å². The second kappa shape index (κ2) is 12.7. The molecule has 0 radical (unpaired) electrons. The van der Waals surface area contributed by atoms with E-state index < -0.39 is 23.2 Å². The number of benzene rings is 2. The molecule has 1 aliphatic heterocycles. The smallest absolute Gasteiger partial charge is 0.416 e. The number of rotatable bonds is 7. The molecule has 0 aliphatic carbocycles. The van der Waals surface area contributed by atoms with Crippen LogP contribution in [0.1, 0.15) is 30.4 Å². The van der Waals surface area contributed by atoms with Gasteiger partial charge in [0.2, 0.25) is 11.7 Å². The number of nitrogen functional groups attached to an aromatic ring is 1. The number of anilines is 2. The highest BCUT2D eigenvalue weighted by molar-refractivity contribution is 6.33. The summed E-state index contributed by atoms with van der Waals surface area (Å²) in [4.78, 5) is 31.8. The van der Waals surface area contributed by atoms with E-state index in [4.69, 9.17) is 26.8 Å². The normalized spacial score (nSPS) is 13.4. The number of carbonyl (C=O) groups is 1. The van der Waals surface area contributed by atoms with Crippen LogP contribution in [0, 0.1) is 0 Å². The molecule has 15 heteroatoms. The largest absolute Gasteiger partial charge is 0.497 e. The molecule has 5 rings (SSSR count). The van der Waals surface area contributed by atoms with Crippen LogP contribution < -0.4 is 21.3 Å². The Morgan fingerprint density at radius 3 is 2.60 bits per heavy atom. The van der Waals surface area contributed by atoms with Gasteiger partial charge in [0.05, 0.1) is 42.2 Å². The van der Waals surface area contributed by atoms with Crippen LogP contribution in [0.4, 0.5) is 24.5 Å². The molecule has 0 saturated heterocycles. The highest BCUT2D eigenvalue weighted by Gasteiger charge is 2.31. The molecule has 1 aliphatic rings. The van der Waals surface area contributed by atoms with Gasteiger partial charge in [-0.05, 0) is 48.7 Å². The van der Waals surface area contributed by atoms with Crippen molar-refractivity contribution >= 4 is 52.6 Å². The number of alkyl halides is 3. The second-order valence-corrected chi connectivity index (χ2v) is 9.87. The van der Waals surface area contributed by atoms with Crippen molar-refractivity contribution in [3.05, 3.63) is 74.9 Å². The summed E-state index contributed by atoms with van der Waals surface area (Å²) < 4.78 is 52.5. The highest BCUT2D eigenvalue weighted by Crippen LogP contribution is 2.34. The van der Waals surface area contributed by atoms with Crippen molar-refractivity contribution in [1.29, 1.82) is 0 Å². The third-order valence-corrected chi connectivity index (χ3v) is 7.15. The number of hydrogen-bond acceptors (Lipinski definition) is 7. The Balaban J connectivity index is 0.00000423. The predicted octanol–water partition coefficient (Wildman–Crippen LogP) is 5.25. The Kier molecular flexibility index (Phi) is 9.38. The lowest BCUT2D eigenvalue weighted by Gasteiger charge is -2.18. The van der Waals surface area contributed by atoms with Gasteiger partial charge in [-0.3, -0.25) is 9.59 Å². The van der Waals surface area contributed by atoms with Gasteiger partial charge < -0.3 is 25.1 Å². The summed E-state index contributed by atoms with van der Waals surface area (Å²) in [7, 11) is 1.49. The number of fused-ring (bicyclic) bond motifs is 1. The van der Waals surface area contributed by atoms with Crippen LogP contribution in [0.5, 0.6) is 5.75 Å². The number of aromatic nitrogens is 4. The van der Waals surface area contributed by atoms with Crippen LogP contribution in [0.3, 0.4) is 0 Å². The van der Waals surface area contributed by atoms with Crippen molar-refractivity contribution in [3.63, 3.8) is 0 Å². The molecule has 2 aromatic heterocycles. The number of nitrogens with one attached hydrogen (secondary N) is 1. The summed E-state index contributed by atoms with van der Waals surface area (Å²) in [5.41, 5.74) is 7.08. The van der Waals surface area contributed by atoms with Crippen LogP contribution in [0.15, 0.2) is 47.3 Å². The molecule has 0 unspecified atom stereocenters. The number of amides is 1. The van der Waals surface area contributed by atoms with Gasteiger partial charge in [-0.1, -0.05) is 24.6 Å². The van der Waals surface area contributed by atoms with E-state index in [9.17, 15) is 22.8 Å². The minimum absolute atomic E-state index is 0. The second-order valence-electron chi connectivity index (χ2n) is 9.46. The van der Waals surface area contributed by atoms with Crippen LogP contribution in [0.2, 0.25) is 5.02 Å². The zero-order valence-corrected chi connectivity index (χ0v) is 24.6. The summed E-state index contributed by atoms with van der Waals surface area (Å²) in [6, 6.07) is 7.55. The summed E-state index contributed by atoms with van der Waals surface area (Å²) in [6.45, 7) is 2.30. The quantitative estimate of drug-likeness (QED) is 0.265. The predicted molar refractivity (Wildman–Crippen MR) is 159 cm³/mol. The number of nitrogens with two attached hydrogens (primary N) is 1. The minimum Gasteiger partial charge on any atom is -0.497 e. The Labute approximate surface area is 254 Å². The number of methoxy groups -OCH3 is 1. The number of hydrogen-bond donors (Lipinski definition) is 2. The molecule has 3 N–H and O–H groups in total. The summed E-state index contributed by atoms with van der Waals surface area (Å²) in [5, 5.41) is 6.77. The Bertz CT molecular complexity index is 1790. The number of nitrogens with zero attached hydrogens (tertiary/aromatic N) is 4. The van der Waals surface area contributed by atoms with E-state index in [1.165, 1.54) is 7.11 Å². The van der Waals surface area contributed by atoms with Gasteiger partial charge in [-0.2, -0.15) is 22.7 Å². The van der Waals surface area contributed by atoms with Crippen molar-refractivity contribution < 1.29 is 27.4 Å². The fraction of sp³-hybridized carbons (Fsp3) is 0.286. The van der Waals surface area contributed by atoms with Crippen LogP contribution in [0.25, 0.3) is 22.5 Å². The van der Waals surface area contributed by atoms with Gasteiger partial charge in [0.1, 0.15) is 12.3 Å². The Morgan fingerprint density at radius 2 is 2.00 bits per heavy atom. The van der Waals surface area contributed by atoms with Crippen LogP contribution in [-0.2, 0) is 28.7 Å². The summed E-state index contributed by atoms with van der Waals surface area (Å²) in [6.07, 6.45) is -1.92. The summed E-state index contributed by atoms with van der Waals surface area (Å²) >= 11 is 6.06. The number of ether oxygens (including phenoxy) is 2. The monoisotopic (exact) mass is 638 g/mol. The average Bonchev–Trinajstić information content (AvgIpc) is 3.42. The van der Waals surface area contributed by atoms with Gasteiger partial charge in [-0.15, -0.1) is 17.5 Å². The zero-order chi connectivity index (χ0) is 30.2. The lowest BCUT2D eigenvalue weighted by Crippen LogP contribution is -2.29. The molecular weight excluding hydrogens is 612 g/mol. The molecule has 0 saturated carbocycles. The molecule has 0 bridgehead atoms. The first kappa shape index (κ1) is 31.9. The van der Waals surface area contributed by atoms with Crippen molar-refractivity contribution in [2.75, 3.05) is 31.4 Å². The van der Waals surface area contributed by atoms with Crippen LogP contribution >= 0.6 is 24.0 Å². The van der Waals surface area contributed by atoms with E-state index in [0.717, 1.165) is 28.3 Å². The SMILES string of the molecule is CCc1c(-c2ccc(OC)cc2N)c(=O)n2nc(C3=CCOCC3)nc2n1CC(=O)Nc1ccc(C(F)(F)F)cc1Cl.Cl. The van der Waals surface area contributed by atoms with Crippen molar-refractivity contribution in [1.82, 2.24) is 19.2 Å². The molecule has 1 amide bonds. The highest BCUT2D eigenvalue weighted by atomic mass is 35.5. The van der Waals surface area contributed by atoms with E-state index in [0.29, 0.717) is 48.9 Å². The molecular formula is C28H27Cl2F3N6O4. The van der Waals surface area contributed by atoms with E-state index in [-0.39, 0.29) is 46.7 Å². The lowest BCUT2D eigenvalue weighted by atomic mass is 10.0. The molecule has 3 heterocycles. The molecule has 2 aromatic carbocycles. The van der Waals surface area contributed by atoms with E-state index in [1.54, 1.807) is 22.8 Å². The minimum atomic E-state index is -4.59. The maximum Gasteiger partial charge on any atom is 0.416 e. The van der Waals surface area contributed by atoms with Crippen molar-refractivity contribution in [2.45, 2.75) is 32.5 Å². The van der Waals surface area contributed by atoms with E-state index in [1.807, 2.05) is 13.0 Å². The lowest BCUT2D eigenvalue weighted by molar-refractivity contribution is -0.137. The maximum atomic E-state index is 13.9. The van der Waals surface area contributed by atoms with Gasteiger partial charge >= 0.3 is 6.18 Å². The van der Waals surface area contributed by atoms with Crippen LogP contribution in [-0.4, -0.2) is 45.4 Å². The first-order valence-electron chi connectivity index (χ1n) is 12.9. The third-order valence-electron chi connectivity index (χ3n) is 6.84. The summed E-state index contributed by atoms with van der Waals surface area (Å²) in [5.74, 6) is 0.319. The molecule has 0 spiro atoms. The van der Waals surface area contributed by atoms with E-state index in [2.05, 4.69) is 15.4 Å². The van der Waals surface area contributed by atoms with Gasteiger partial charge in [0.25, 0.3) is 5.56 Å². The van der Waals surface area contributed by atoms with Gasteiger partial charge in [-0.25, -0.2) is 0 Å². The first-order chi connectivity index (χ1) is 20.0. The fourth-order valence-corrected chi connectivity index (χ4v) is 5.02. The molecule has 0 fully saturated rings. The number of carbonyl (C=O) groups excluding carboxylic acids is 1. The number of halogens is 5. The first-order valence-corrected chi connectivity index (χ1v) is 13.3. The standard InChI is InChI=1S/C28H26ClF3N6O4.ClH/c1-3-22-24(18-6-5-17(41-2)13-20(18)33)26(40)38-27(35-25(36-38)15-8-10-42-11-9-15)37(22)14-23(39)34-21-7-4-16(12-19(21)29)28(30,31)32;/h4-8,12-13H,3,9-11,14,33H2,1-2H3,(H,34,39);1H. The maximum absolute atomic E-state index is 13.9. The molecule has 10 nitrogen and oxygen atoms in total. The van der Waals surface area contributed by atoms with Gasteiger partial charge in [0, 0.05) is 23.0 Å². The van der Waals surface area contributed by atoms with Gasteiger partial charge in [0.15, 0.2) is 5.82 Å². The topological polar surface area (TPSA) is 126 Å². The fourth-order valence-electron chi connectivity index (χ4n) is 4.79. The van der Waals surface area contributed by atoms with Crippen molar-refractivity contribution in [2.24, 2.45) is 0 Å². The molecule has 228 valence electrons. The third kappa shape index (κ3) is 6.33. The molecule has 43 heavy (non-hydrogen) atoms. The van der Waals surface area contributed by atoms with Crippen molar-refractivity contribution in [3.8, 4) is 16.9 Å². The molecule has 0 atom stereocenters. The Morgan fingerprint density at radius 1 is 1.23 bits per heavy atom. The Hall–Kier alpha value is -4.07. The average molecular weight is 639 g/mol. The molecule has 4 aromatic rings. The zero-order valence-electron chi connectivity index (χ0n) is 23.0.